The molecule has 0 spiro atoms. The van der Waals surface area contributed by atoms with E-state index in [0.29, 0.717) is 11.4 Å². The molecule has 1 N–H and O–H groups in total. The van der Waals surface area contributed by atoms with E-state index in [2.05, 4.69) is 10.1 Å². The van der Waals surface area contributed by atoms with Crippen LogP contribution in [0.2, 0.25) is 0 Å². The van der Waals surface area contributed by atoms with Crippen molar-refractivity contribution in [3.63, 3.8) is 0 Å². The molecule has 4 nitrogen and oxygen atoms in total. The first-order chi connectivity index (χ1) is 9.20. The van der Waals surface area contributed by atoms with E-state index >= 15 is 0 Å². The summed E-state index contributed by atoms with van der Waals surface area (Å²) in [4.78, 5) is 22.1. The molecule has 96 valence electrons. The first kappa shape index (κ1) is 12.8. The molecular formula is C14H10FNO3. The quantitative estimate of drug-likeness (QED) is 0.859. The number of hydrogen-bond acceptors (Lipinski definition) is 3. The van der Waals surface area contributed by atoms with Crippen LogP contribution < -0.4 is 10.1 Å². The Morgan fingerprint density at radius 1 is 1.16 bits per heavy atom. The first-order valence-electron chi connectivity index (χ1n) is 5.47. The number of carbonyl (C=O) groups is 2. The summed E-state index contributed by atoms with van der Waals surface area (Å²) in [5, 5.41) is 2.52. The minimum Gasteiger partial charge on any atom is -0.429 e. The second kappa shape index (κ2) is 5.77. The van der Waals surface area contributed by atoms with Crippen LogP contribution in [0.15, 0.2) is 48.5 Å². The van der Waals surface area contributed by atoms with Crippen LogP contribution in [0.25, 0.3) is 0 Å². The highest BCUT2D eigenvalue weighted by Crippen LogP contribution is 2.18. The minimum absolute atomic E-state index is 0.0517. The van der Waals surface area contributed by atoms with E-state index in [1.54, 1.807) is 24.3 Å². The van der Waals surface area contributed by atoms with Crippen molar-refractivity contribution in [1.82, 2.24) is 0 Å². The van der Waals surface area contributed by atoms with E-state index in [-0.39, 0.29) is 12.0 Å². The summed E-state index contributed by atoms with van der Waals surface area (Å²) in [7, 11) is 0. The molecule has 0 aliphatic rings. The fraction of sp³-hybridized carbons (Fsp3) is 0. The second-order valence-corrected chi connectivity index (χ2v) is 3.68. The van der Waals surface area contributed by atoms with Gasteiger partial charge in [-0.05, 0) is 24.3 Å². The van der Waals surface area contributed by atoms with Crippen molar-refractivity contribution in [2.75, 3.05) is 5.32 Å². The van der Waals surface area contributed by atoms with Gasteiger partial charge in [0.15, 0.2) is 0 Å². The van der Waals surface area contributed by atoms with Crippen molar-refractivity contribution in [2.24, 2.45) is 0 Å². The van der Waals surface area contributed by atoms with E-state index in [0.717, 1.165) is 0 Å². The number of anilines is 1. The Labute approximate surface area is 108 Å². The SMILES string of the molecule is O=COc1cccc(NC(=O)c2ccccc2F)c1. The summed E-state index contributed by atoms with van der Waals surface area (Å²) in [5.41, 5.74) is 0.358. The fourth-order valence-electron chi connectivity index (χ4n) is 1.55. The molecule has 5 heteroatoms. The zero-order valence-corrected chi connectivity index (χ0v) is 9.80. The standard InChI is InChI=1S/C14H10FNO3/c15-13-7-2-1-6-12(13)14(18)16-10-4-3-5-11(8-10)19-9-17/h1-9H,(H,16,18). The van der Waals surface area contributed by atoms with Gasteiger partial charge in [-0.2, -0.15) is 0 Å². The largest absolute Gasteiger partial charge is 0.429 e. The van der Waals surface area contributed by atoms with Crippen molar-refractivity contribution in [3.8, 4) is 5.75 Å². The molecule has 0 atom stereocenters. The van der Waals surface area contributed by atoms with E-state index in [1.807, 2.05) is 0 Å². The van der Waals surface area contributed by atoms with Crippen molar-refractivity contribution in [3.05, 3.63) is 59.9 Å². The maximum Gasteiger partial charge on any atom is 0.298 e. The fourth-order valence-corrected chi connectivity index (χ4v) is 1.55. The van der Waals surface area contributed by atoms with Crippen LogP contribution in [0.4, 0.5) is 10.1 Å². The highest BCUT2D eigenvalue weighted by atomic mass is 19.1. The van der Waals surface area contributed by atoms with E-state index < -0.39 is 11.7 Å². The zero-order valence-electron chi connectivity index (χ0n) is 9.80. The molecule has 1 amide bonds. The van der Waals surface area contributed by atoms with Gasteiger partial charge in [0.05, 0.1) is 5.56 Å². The number of halogens is 1. The van der Waals surface area contributed by atoms with E-state index in [1.165, 1.54) is 24.3 Å². The summed E-state index contributed by atoms with van der Waals surface area (Å²) >= 11 is 0. The third-order valence-corrected chi connectivity index (χ3v) is 2.39. The Kier molecular flexibility index (Phi) is 3.87. The maximum atomic E-state index is 13.4. The number of hydrogen-bond donors (Lipinski definition) is 1. The lowest BCUT2D eigenvalue weighted by Crippen LogP contribution is -2.13. The summed E-state index contributed by atoms with van der Waals surface area (Å²) in [6.07, 6.45) is 0. The highest BCUT2D eigenvalue weighted by Gasteiger charge is 2.11. The van der Waals surface area contributed by atoms with Crippen LogP contribution in [0.5, 0.6) is 5.75 Å². The third kappa shape index (κ3) is 3.16. The van der Waals surface area contributed by atoms with Gasteiger partial charge < -0.3 is 10.1 Å². The Balaban J connectivity index is 2.17. The lowest BCUT2D eigenvalue weighted by atomic mass is 10.2. The lowest BCUT2D eigenvalue weighted by molar-refractivity contribution is -0.120. The molecule has 19 heavy (non-hydrogen) atoms. The molecular weight excluding hydrogens is 249 g/mol. The van der Waals surface area contributed by atoms with Crippen LogP contribution in [0.1, 0.15) is 10.4 Å². The van der Waals surface area contributed by atoms with Crippen LogP contribution >= 0.6 is 0 Å². The van der Waals surface area contributed by atoms with Crippen LogP contribution in [-0.2, 0) is 4.79 Å². The van der Waals surface area contributed by atoms with Gasteiger partial charge in [-0.1, -0.05) is 18.2 Å². The minimum atomic E-state index is -0.597. The average Bonchev–Trinajstić information content (AvgIpc) is 2.40. The maximum absolute atomic E-state index is 13.4. The normalized spacial score (nSPS) is 9.74. The molecule has 0 radical (unpaired) electrons. The monoisotopic (exact) mass is 259 g/mol. The molecule has 2 aromatic rings. The van der Waals surface area contributed by atoms with Crippen molar-refractivity contribution < 1.29 is 18.7 Å². The Morgan fingerprint density at radius 3 is 2.68 bits per heavy atom. The smallest absolute Gasteiger partial charge is 0.298 e. The summed E-state index contributed by atoms with van der Waals surface area (Å²) in [6.45, 7) is 0.289. The summed E-state index contributed by atoms with van der Waals surface area (Å²) in [6, 6.07) is 11.9. The number of amides is 1. The molecule has 0 heterocycles. The average molecular weight is 259 g/mol. The topological polar surface area (TPSA) is 55.4 Å². The molecule has 0 aromatic heterocycles. The molecule has 0 saturated heterocycles. The number of rotatable bonds is 4. The van der Waals surface area contributed by atoms with Gasteiger partial charge in [-0.25, -0.2) is 4.39 Å². The van der Waals surface area contributed by atoms with Gasteiger partial charge in [-0.15, -0.1) is 0 Å². The molecule has 2 rings (SSSR count). The summed E-state index contributed by atoms with van der Waals surface area (Å²) < 4.78 is 18.1. The molecule has 0 aliphatic heterocycles. The van der Waals surface area contributed by atoms with Crippen molar-refractivity contribution in [2.45, 2.75) is 0 Å². The van der Waals surface area contributed by atoms with Crippen molar-refractivity contribution >= 4 is 18.1 Å². The molecule has 0 aliphatic carbocycles. The van der Waals surface area contributed by atoms with Gasteiger partial charge in [-0.3, -0.25) is 9.59 Å². The van der Waals surface area contributed by atoms with E-state index in [4.69, 9.17) is 0 Å². The Morgan fingerprint density at radius 2 is 1.95 bits per heavy atom. The predicted octanol–water partition coefficient (Wildman–Crippen LogP) is 2.61. The Bertz CT molecular complexity index is 613. The Hall–Kier alpha value is -2.69. The molecule has 0 unspecified atom stereocenters. The lowest BCUT2D eigenvalue weighted by Gasteiger charge is -2.07. The van der Waals surface area contributed by atoms with Crippen LogP contribution in [0, 0.1) is 5.82 Å². The highest BCUT2D eigenvalue weighted by molar-refractivity contribution is 6.04. The predicted molar refractivity (Wildman–Crippen MR) is 67.5 cm³/mol. The van der Waals surface area contributed by atoms with Gasteiger partial charge in [0.2, 0.25) is 0 Å². The number of benzene rings is 2. The number of ether oxygens (including phenoxy) is 1. The molecule has 2 aromatic carbocycles. The molecule has 0 saturated carbocycles. The second-order valence-electron chi connectivity index (χ2n) is 3.68. The number of carbonyl (C=O) groups excluding carboxylic acids is 2. The van der Waals surface area contributed by atoms with Gasteiger partial charge >= 0.3 is 0 Å². The number of nitrogens with one attached hydrogen (secondary N) is 1. The van der Waals surface area contributed by atoms with Gasteiger partial charge in [0.1, 0.15) is 11.6 Å². The zero-order chi connectivity index (χ0) is 13.7. The third-order valence-electron chi connectivity index (χ3n) is 2.39. The molecule has 0 fully saturated rings. The first-order valence-corrected chi connectivity index (χ1v) is 5.47. The van der Waals surface area contributed by atoms with Gasteiger partial charge in [0, 0.05) is 11.8 Å². The van der Waals surface area contributed by atoms with Crippen LogP contribution in [-0.4, -0.2) is 12.4 Å². The van der Waals surface area contributed by atoms with Crippen LogP contribution in [0.3, 0.4) is 0 Å². The summed E-state index contributed by atoms with van der Waals surface area (Å²) in [5.74, 6) is -0.872. The van der Waals surface area contributed by atoms with Gasteiger partial charge in [0.25, 0.3) is 12.4 Å². The van der Waals surface area contributed by atoms with Crippen molar-refractivity contribution in [1.29, 1.82) is 0 Å². The molecule has 0 bridgehead atoms. The van der Waals surface area contributed by atoms with E-state index in [9.17, 15) is 14.0 Å².